The van der Waals surface area contributed by atoms with Crippen LogP contribution in [-0.4, -0.2) is 52.2 Å². The number of hydrogen-bond acceptors (Lipinski definition) is 8. The molecule has 11 heteroatoms. The van der Waals surface area contributed by atoms with E-state index in [2.05, 4.69) is 25.7 Å². The summed E-state index contributed by atoms with van der Waals surface area (Å²) in [6.07, 6.45) is 6.14. The van der Waals surface area contributed by atoms with Crippen molar-refractivity contribution >= 4 is 22.9 Å². The lowest BCUT2D eigenvalue weighted by molar-refractivity contribution is 0.0903. The minimum absolute atomic E-state index is 0.111. The quantitative estimate of drug-likeness (QED) is 0.387. The van der Waals surface area contributed by atoms with Crippen molar-refractivity contribution in [3.05, 3.63) is 71.9 Å². The van der Waals surface area contributed by atoms with E-state index in [0.717, 1.165) is 18.2 Å². The Bertz CT molecular complexity index is 1410. The van der Waals surface area contributed by atoms with Gasteiger partial charge in [-0.15, -0.1) is 0 Å². The maximum atomic E-state index is 14.4. The third-order valence-electron chi connectivity index (χ3n) is 6.15. The minimum atomic E-state index is -0.709. The maximum Gasteiger partial charge on any atom is 0.413 e. The Hall–Kier alpha value is -4.25. The molecule has 2 N–H and O–H groups in total. The Kier molecular flexibility index (Phi) is 7.13. The standard InChI is InChI=1S/C26H27FN6O4/c1-33-15-18(14-29-33)24(16-4-6-23(35-2)21(27)11-16)32-26(34)37-20-5-3-17-13-28-25(31-22(17)12-20)30-19-7-9-36-10-8-19/h3-6,11-15,19,24H,7-10H2,1-2H3,(H,32,34)(H,28,30,31)/t24-/m0/s1. The average Bonchev–Trinajstić information content (AvgIpc) is 3.33. The molecule has 1 atom stereocenters. The monoisotopic (exact) mass is 506 g/mol. The number of aromatic nitrogens is 4. The first-order valence-electron chi connectivity index (χ1n) is 11.9. The van der Waals surface area contributed by atoms with Crippen molar-refractivity contribution in [2.24, 2.45) is 7.05 Å². The molecule has 1 aliphatic heterocycles. The van der Waals surface area contributed by atoms with Gasteiger partial charge in [0.25, 0.3) is 0 Å². The van der Waals surface area contributed by atoms with Crippen LogP contribution in [0.2, 0.25) is 0 Å². The van der Waals surface area contributed by atoms with E-state index in [1.54, 1.807) is 54.6 Å². The van der Waals surface area contributed by atoms with Gasteiger partial charge in [0.2, 0.25) is 5.95 Å². The van der Waals surface area contributed by atoms with E-state index >= 15 is 0 Å². The van der Waals surface area contributed by atoms with Crippen LogP contribution >= 0.6 is 0 Å². The smallest absolute Gasteiger partial charge is 0.413 e. The zero-order chi connectivity index (χ0) is 25.8. The first kappa shape index (κ1) is 24.4. The van der Waals surface area contributed by atoms with Crippen LogP contribution in [-0.2, 0) is 11.8 Å². The molecule has 192 valence electrons. The first-order chi connectivity index (χ1) is 18.0. The number of amides is 1. The van der Waals surface area contributed by atoms with Crippen LogP contribution in [0.25, 0.3) is 10.9 Å². The number of methoxy groups -OCH3 is 1. The van der Waals surface area contributed by atoms with Gasteiger partial charge in [-0.05, 0) is 42.7 Å². The summed E-state index contributed by atoms with van der Waals surface area (Å²) in [6, 6.07) is 9.20. The van der Waals surface area contributed by atoms with Gasteiger partial charge in [0, 0.05) is 55.7 Å². The molecule has 2 aromatic carbocycles. The molecular weight excluding hydrogens is 479 g/mol. The van der Waals surface area contributed by atoms with Crippen molar-refractivity contribution in [1.29, 1.82) is 0 Å². The van der Waals surface area contributed by atoms with Gasteiger partial charge >= 0.3 is 6.09 Å². The molecule has 1 fully saturated rings. The van der Waals surface area contributed by atoms with Crippen molar-refractivity contribution in [2.45, 2.75) is 24.9 Å². The van der Waals surface area contributed by atoms with Gasteiger partial charge in [-0.1, -0.05) is 6.07 Å². The highest BCUT2D eigenvalue weighted by molar-refractivity contribution is 5.81. The van der Waals surface area contributed by atoms with Gasteiger partial charge in [0.15, 0.2) is 11.6 Å². The summed E-state index contributed by atoms with van der Waals surface area (Å²) in [5.41, 5.74) is 1.81. The average molecular weight is 507 g/mol. The molecule has 1 aliphatic rings. The van der Waals surface area contributed by atoms with Crippen LogP contribution in [0.1, 0.15) is 30.0 Å². The molecular formula is C26H27FN6O4. The number of anilines is 1. The van der Waals surface area contributed by atoms with E-state index in [9.17, 15) is 9.18 Å². The lowest BCUT2D eigenvalue weighted by Crippen LogP contribution is -2.31. The summed E-state index contributed by atoms with van der Waals surface area (Å²) in [6.45, 7) is 1.42. The Morgan fingerprint density at radius 2 is 2.00 bits per heavy atom. The molecule has 37 heavy (non-hydrogen) atoms. The molecule has 3 heterocycles. The topological polar surface area (TPSA) is 112 Å². The number of aryl methyl sites for hydroxylation is 1. The number of carbonyl (C=O) groups is 1. The van der Waals surface area contributed by atoms with Crippen LogP contribution in [0.4, 0.5) is 15.1 Å². The van der Waals surface area contributed by atoms with Gasteiger partial charge < -0.3 is 24.8 Å². The van der Waals surface area contributed by atoms with Crippen molar-refractivity contribution in [2.75, 3.05) is 25.6 Å². The maximum absolute atomic E-state index is 14.4. The molecule has 4 aromatic rings. The SMILES string of the molecule is COc1ccc([C@H](NC(=O)Oc2ccc3cnc(NC4CCOCC4)nc3c2)c2cnn(C)c2)cc1F. The molecule has 0 aliphatic carbocycles. The molecule has 0 saturated carbocycles. The number of benzene rings is 2. The number of halogens is 1. The second-order valence-corrected chi connectivity index (χ2v) is 8.75. The van der Waals surface area contributed by atoms with Crippen molar-refractivity contribution < 1.29 is 23.4 Å². The summed E-state index contributed by atoms with van der Waals surface area (Å²) in [7, 11) is 3.15. The highest BCUT2D eigenvalue weighted by atomic mass is 19.1. The fourth-order valence-corrected chi connectivity index (χ4v) is 4.23. The van der Waals surface area contributed by atoms with E-state index in [4.69, 9.17) is 14.2 Å². The molecule has 1 amide bonds. The van der Waals surface area contributed by atoms with Crippen LogP contribution in [0, 0.1) is 5.82 Å². The fourth-order valence-electron chi connectivity index (χ4n) is 4.23. The minimum Gasteiger partial charge on any atom is -0.494 e. The second kappa shape index (κ2) is 10.8. The number of ether oxygens (including phenoxy) is 3. The number of nitrogens with zero attached hydrogens (tertiary/aromatic N) is 4. The van der Waals surface area contributed by atoms with Crippen LogP contribution in [0.15, 0.2) is 55.0 Å². The third kappa shape index (κ3) is 5.78. The van der Waals surface area contributed by atoms with E-state index in [1.807, 2.05) is 0 Å². The number of fused-ring (bicyclic) bond motifs is 1. The summed E-state index contributed by atoms with van der Waals surface area (Å²) in [4.78, 5) is 21.9. The molecule has 0 bridgehead atoms. The number of carbonyl (C=O) groups excluding carboxylic acids is 1. The Balaban J connectivity index is 1.33. The Labute approximate surface area is 212 Å². The predicted molar refractivity (Wildman–Crippen MR) is 134 cm³/mol. The summed E-state index contributed by atoms with van der Waals surface area (Å²) < 4.78 is 32.0. The number of hydrogen-bond donors (Lipinski definition) is 2. The zero-order valence-electron chi connectivity index (χ0n) is 20.5. The largest absolute Gasteiger partial charge is 0.494 e. The normalized spacial score (nSPS) is 14.8. The van der Waals surface area contributed by atoms with Crippen molar-refractivity contribution in [1.82, 2.24) is 25.1 Å². The number of nitrogens with one attached hydrogen (secondary N) is 2. The highest BCUT2D eigenvalue weighted by Gasteiger charge is 2.21. The highest BCUT2D eigenvalue weighted by Crippen LogP contribution is 2.27. The van der Waals surface area contributed by atoms with Gasteiger partial charge in [0.05, 0.1) is 24.9 Å². The fraction of sp³-hybridized carbons (Fsp3) is 0.308. The second-order valence-electron chi connectivity index (χ2n) is 8.75. The van der Waals surface area contributed by atoms with Gasteiger partial charge in [0.1, 0.15) is 5.75 Å². The van der Waals surface area contributed by atoms with Crippen LogP contribution in [0.5, 0.6) is 11.5 Å². The predicted octanol–water partition coefficient (Wildman–Crippen LogP) is 3.98. The summed E-state index contributed by atoms with van der Waals surface area (Å²) in [5.74, 6) is 0.397. The van der Waals surface area contributed by atoms with E-state index in [0.29, 0.717) is 41.6 Å². The molecule has 5 rings (SSSR count). The van der Waals surface area contributed by atoms with Crippen molar-refractivity contribution in [3.8, 4) is 11.5 Å². The Morgan fingerprint density at radius 3 is 2.73 bits per heavy atom. The van der Waals surface area contributed by atoms with Gasteiger partial charge in [-0.25, -0.2) is 19.2 Å². The van der Waals surface area contributed by atoms with Crippen LogP contribution < -0.4 is 20.1 Å². The molecule has 2 aromatic heterocycles. The summed E-state index contributed by atoms with van der Waals surface area (Å²) >= 11 is 0. The lowest BCUT2D eigenvalue weighted by atomic mass is 10.0. The molecule has 0 spiro atoms. The molecule has 0 radical (unpaired) electrons. The third-order valence-corrected chi connectivity index (χ3v) is 6.15. The van der Waals surface area contributed by atoms with Crippen LogP contribution in [0.3, 0.4) is 0 Å². The Morgan fingerprint density at radius 1 is 1.16 bits per heavy atom. The van der Waals surface area contributed by atoms with Crippen molar-refractivity contribution in [3.63, 3.8) is 0 Å². The van der Waals surface area contributed by atoms with E-state index in [1.165, 1.54) is 19.2 Å². The van der Waals surface area contributed by atoms with Gasteiger partial charge in [-0.3, -0.25) is 4.68 Å². The van der Waals surface area contributed by atoms with E-state index in [-0.39, 0.29) is 11.8 Å². The molecule has 1 saturated heterocycles. The van der Waals surface area contributed by atoms with E-state index < -0.39 is 18.0 Å². The first-order valence-corrected chi connectivity index (χ1v) is 11.9. The lowest BCUT2D eigenvalue weighted by Gasteiger charge is -2.23. The zero-order valence-corrected chi connectivity index (χ0v) is 20.5. The van der Waals surface area contributed by atoms with Gasteiger partial charge in [-0.2, -0.15) is 5.10 Å². The summed E-state index contributed by atoms with van der Waals surface area (Å²) in [5, 5.41) is 11.1. The number of rotatable bonds is 7. The molecule has 0 unspecified atom stereocenters. The molecule has 10 nitrogen and oxygen atoms in total.